The van der Waals surface area contributed by atoms with Crippen molar-refractivity contribution < 1.29 is 14.5 Å². The Morgan fingerprint density at radius 1 is 1.22 bits per heavy atom. The van der Waals surface area contributed by atoms with Crippen LogP contribution in [0.25, 0.3) is 0 Å². The molecule has 10 heteroatoms. The van der Waals surface area contributed by atoms with Crippen molar-refractivity contribution in [2.75, 3.05) is 5.32 Å². The second kappa shape index (κ2) is 8.70. The number of hydrogen-bond donors (Lipinski definition) is 1. The van der Waals surface area contributed by atoms with E-state index in [2.05, 4.69) is 15.5 Å². The number of carbonyl (C=O) groups is 2. The molecule has 2 aromatic carbocycles. The predicted molar refractivity (Wildman–Crippen MR) is 102 cm³/mol. The second-order valence-electron chi connectivity index (χ2n) is 5.52. The summed E-state index contributed by atoms with van der Waals surface area (Å²) < 4.78 is 0. The molecule has 0 aromatic heterocycles. The summed E-state index contributed by atoms with van der Waals surface area (Å²) in [6.07, 6.45) is 0. The standard InChI is InChI=1S/C17H14Cl2N4O4/c1-9-12(19)4-3-5-13(9)20-17(25)16(10(2)24)22-21-14-7-6-11(18)8-15(14)23(26)27/h3-8,16H,1-2H3,(H,20,25). The van der Waals surface area contributed by atoms with Gasteiger partial charge >= 0.3 is 0 Å². The smallest absolute Gasteiger partial charge is 0.298 e. The fourth-order valence-electron chi connectivity index (χ4n) is 2.11. The van der Waals surface area contributed by atoms with Gasteiger partial charge in [-0.2, -0.15) is 5.11 Å². The molecule has 0 saturated heterocycles. The van der Waals surface area contributed by atoms with Gasteiger partial charge in [0.2, 0.25) is 6.04 Å². The fourth-order valence-corrected chi connectivity index (χ4v) is 2.45. The SMILES string of the molecule is CC(=O)C(N=Nc1ccc(Cl)cc1[N+](=O)[O-])C(=O)Nc1cccc(Cl)c1C. The predicted octanol–water partition coefficient (Wildman–Crippen LogP) is 4.89. The number of amides is 1. The van der Waals surface area contributed by atoms with Gasteiger partial charge in [-0.3, -0.25) is 19.7 Å². The van der Waals surface area contributed by atoms with Gasteiger partial charge in [-0.05, 0) is 43.7 Å². The highest BCUT2D eigenvalue weighted by Gasteiger charge is 2.24. The van der Waals surface area contributed by atoms with Crippen LogP contribution in [0.4, 0.5) is 17.1 Å². The maximum Gasteiger partial charge on any atom is 0.298 e. The van der Waals surface area contributed by atoms with E-state index in [-0.39, 0.29) is 16.4 Å². The number of rotatable bonds is 6. The molecule has 0 spiro atoms. The molecule has 8 nitrogen and oxygen atoms in total. The molecule has 0 saturated carbocycles. The summed E-state index contributed by atoms with van der Waals surface area (Å²) in [6.45, 7) is 2.88. The van der Waals surface area contributed by atoms with Crippen LogP contribution in [0.3, 0.4) is 0 Å². The molecule has 0 aliphatic rings. The number of carbonyl (C=O) groups excluding carboxylic acids is 2. The Balaban J connectivity index is 2.29. The molecule has 0 bridgehead atoms. The van der Waals surface area contributed by atoms with Crippen molar-refractivity contribution in [3.8, 4) is 0 Å². The molecular formula is C17H14Cl2N4O4. The van der Waals surface area contributed by atoms with Gasteiger partial charge in [-0.1, -0.05) is 29.3 Å². The number of benzene rings is 2. The summed E-state index contributed by atoms with van der Waals surface area (Å²) in [7, 11) is 0. The Hall–Kier alpha value is -2.84. The van der Waals surface area contributed by atoms with E-state index in [1.165, 1.54) is 19.1 Å². The van der Waals surface area contributed by atoms with Crippen molar-refractivity contribution in [1.82, 2.24) is 0 Å². The van der Waals surface area contributed by atoms with E-state index >= 15 is 0 Å². The number of nitrogens with one attached hydrogen (secondary N) is 1. The van der Waals surface area contributed by atoms with Crippen LogP contribution in [0.2, 0.25) is 10.0 Å². The molecule has 1 amide bonds. The first-order valence-corrected chi connectivity index (χ1v) is 8.37. The lowest BCUT2D eigenvalue weighted by atomic mass is 10.1. The van der Waals surface area contributed by atoms with E-state index in [1.807, 2.05) is 0 Å². The lowest BCUT2D eigenvalue weighted by molar-refractivity contribution is -0.384. The highest BCUT2D eigenvalue weighted by molar-refractivity contribution is 6.32. The van der Waals surface area contributed by atoms with E-state index in [9.17, 15) is 19.7 Å². The first-order chi connectivity index (χ1) is 12.7. The van der Waals surface area contributed by atoms with Gasteiger partial charge in [-0.15, -0.1) is 5.11 Å². The Bertz CT molecular complexity index is 947. The number of nitro groups is 1. The normalized spacial score (nSPS) is 12.0. The van der Waals surface area contributed by atoms with Crippen LogP contribution in [-0.4, -0.2) is 22.7 Å². The third-order valence-corrected chi connectivity index (χ3v) is 4.22. The Morgan fingerprint density at radius 3 is 2.56 bits per heavy atom. The van der Waals surface area contributed by atoms with Gasteiger partial charge in [0, 0.05) is 21.8 Å². The van der Waals surface area contributed by atoms with Crippen LogP contribution in [0.15, 0.2) is 46.6 Å². The van der Waals surface area contributed by atoms with Gasteiger partial charge in [0.15, 0.2) is 11.5 Å². The molecule has 2 aromatic rings. The molecule has 0 aliphatic heterocycles. The Labute approximate surface area is 164 Å². The summed E-state index contributed by atoms with van der Waals surface area (Å²) in [5.74, 6) is -1.30. The maximum atomic E-state index is 12.4. The average molecular weight is 409 g/mol. The van der Waals surface area contributed by atoms with Crippen LogP contribution in [-0.2, 0) is 9.59 Å². The summed E-state index contributed by atoms with van der Waals surface area (Å²) in [4.78, 5) is 34.7. The number of nitro benzene ring substituents is 1. The topological polar surface area (TPSA) is 114 Å². The number of nitrogens with zero attached hydrogens (tertiary/aromatic N) is 3. The molecule has 140 valence electrons. The zero-order valence-electron chi connectivity index (χ0n) is 14.3. The van der Waals surface area contributed by atoms with Gasteiger partial charge in [0.25, 0.3) is 11.6 Å². The fraction of sp³-hybridized carbons (Fsp3) is 0.176. The van der Waals surface area contributed by atoms with Crippen LogP contribution in [0, 0.1) is 17.0 Å². The number of ketones is 1. The van der Waals surface area contributed by atoms with Gasteiger partial charge < -0.3 is 5.32 Å². The average Bonchev–Trinajstić information content (AvgIpc) is 2.59. The molecule has 0 radical (unpaired) electrons. The number of Topliss-reactive ketones (excluding diaryl/α,β-unsaturated/α-hetero) is 1. The number of azo groups is 1. The first kappa shape index (κ1) is 20.5. The van der Waals surface area contributed by atoms with Crippen molar-refractivity contribution in [2.45, 2.75) is 19.9 Å². The largest absolute Gasteiger partial charge is 0.323 e. The van der Waals surface area contributed by atoms with E-state index in [0.29, 0.717) is 16.3 Å². The number of hydrogen-bond acceptors (Lipinski definition) is 6. The van der Waals surface area contributed by atoms with Crippen LogP contribution in [0.1, 0.15) is 12.5 Å². The van der Waals surface area contributed by atoms with Crippen LogP contribution in [0.5, 0.6) is 0 Å². The zero-order chi connectivity index (χ0) is 20.1. The molecule has 1 N–H and O–H groups in total. The van der Waals surface area contributed by atoms with Crippen molar-refractivity contribution in [1.29, 1.82) is 0 Å². The minimum Gasteiger partial charge on any atom is -0.323 e. The second-order valence-corrected chi connectivity index (χ2v) is 6.36. The highest BCUT2D eigenvalue weighted by Crippen LogP contribution is 2.30. The van der Waals surface area contributed by atoms with Gasteiger partial charge in [-0.25, -0.2) is 0 Å². The van der Waals surface area contributed by atoms with E-state index in [0.717, 1.165) is 6.07 Å². The monoisotopic (exact) mass is 408 g/mol. The first-order valence-electron chi connectivity index (χ1n) is 7.62. The minimum absolute atomic E-state index is 0.123. The summed E-state index contributed by atoms with van der Waals surface area (Å²) in [5.41, 5.74) is 0.536. The quantitative estimate of drug-likeness (QED) is 0.317. The van der Waals surface area contributed by atoms with Crippen molar-refractivity contribution >= 4 is 52.0 Å². The molecular weight excluding hydrogens is 395 g/mol. The molecule has 27 heavy (non-hydrogen) atoms. The maximum absolute atomic E-state index is 12.4. The minimum atomic E-state index is -1.47. The number of anilines is 1. The van der Waals surface area contributed by atoms with Gasteiger partial charge in [0.05, 0.1) is 4.92 Å². The summed E-state index contributed by atoms with van der Waals surface area (Å²) in [6, 6.07) is 7.23. The Kier molecular flexibility index (Phi) is 6.59. The highest BCUT2D eigenvalue weighted by atomic mass is 35.5. The lowest BCUT2D eigenvalue weighted by Gasteiger charge is -2.12. The van der Waals surface area contributed by atoms with E-state index in [1.54, 1.807) is 25.1 Å². The van der Waals surface area contributed by atoms with E-state index < -0.39 is 22.7 Å². The summed E-state index contributed by atoms with van der Waals surface area (Å²) in [5, 5.41) is 21.7. The molecule has 0 fully saturated rings. The lowest BCUT2D eigenvalue weighted by Crippen LogP contribution is -2.32. The van der Waals surface area contributed by atoms with E-state index in [4.69, 9.17) is 23.2 Å². The van der Waals surface area contributed by atoms with Crippen molar-refractivity contribution in [3.05, 3.63) is 62.1 Å². The molecule has 0 aliphatic carbocycles. The van der Waals surface area contributed by atoms with Crippen LogP contribution < -0.4 is 5.32 Å². The molecule has 1 unspecified atom stereocenters. The van der Waals surface area contributed by atoms with Gasteiger partial charge in [0.1, 0.15) is 0 Å². The summed E-state index contributed by atoms with van der Waals surface area (Å²) >= 11 is 11.7. The zero-order valence-corrected chi connectivity index (χ0v) is 15.8. The third-order valence-electron chi connectivity index (χ3n) is 3.57. The molecule has 0 heterocycles. The van der Waals surface area contributed by atoms with Crippen molar-refractivity contribution in [3.63, 3.8) is 0 Å². The third kappa shape index (κ3) is 5.08. The van der Waals surface area contributed by atoms with Crippen LogP contribution >= 0.6 is 23.2 Å². The molecule has 1 atom stereocenters. The Morgan fingerprint density at radius 2 is 1.93 bits per heavy atom. The molecule has 2 rings (SSSR count). The van der Waals surface area contributed by atoms with Crippen molar-refractivity contribution in [2.24, 2.45) is 10.2 Å². The number of halogens is 2.